The van der Waals surface area contributed by atoms with E-state index in [0.29, 0.717) is 11.6 Å². The van der Waals surface area contributed by atoms with E-state index in [0.717, 1.165) is 47.5 Å². The molecule has 1 aliphatic rings. The molecule has 0 atom stereocenters. The Morgan fingerprint density at radius 2 is 1.77 bits per heavy atom. The van der Waals surface area contributed by atoms with Crippen LogP contribution in [0.2, 0.25) is 0 Å². The zero-order valence-corrected chi connectivity index (χ0v) is 18.8. The number of rotatable bonds is 5. The van der Waals surface area contributed by atoms with Gasteiger partial charge in [0.05, 0.1) is 13.2 Å². The van der Waals surface area contributed by atoms with Gasteiger partial charge in [0, 0.05) is 47.3 Å². The number of nitrogens with zero attached hydrogens (tertiary/aromatic N) is 5. The number of anilines is 3. The minimum atomic E-state index is 0.400. The van der Waals surface area contributed by atoms with Crippen LogP contribution in [0.15, 0.2) is 58.7 Å². The van der Waals surface area contributed by atoms with Gasteiger partial charge in [-0.15, -0.1) is 0 Å². The van der Waals surface area contributed by atoms with Crippen molar-refractivity contribution in [2.45, 2.75) is 30.7 Å². The second kappa shape index (κ2) is 11.3. The molecule has 0 radical (unpaired) electrons. The average molecular weight is 435 g/mol. The first kappa shape index (κ1) is 22.5. The molecule has 8 heteroatoms. The molecule has 2 aromatic heterocycles. The van der Waals surface area contributed by atoms with Crippen LogP contribution in [0.4, 0.5) is 17.3 Å². The van der Waals surface area contributed by atoms with Crippen molar-refractivity contribution >= 4 is 29.1 Å². The van der Waals surface area contributed by atoms with Gasteiger partial charge < -0.3 is 15.0 Å². The first-order chi connectivity index (χ1) is 15.2. The van der Waals surface area contributed by atoms with Crippen LogP contribution < -0.4 is 10.2 Å². The largest absolute Gasteiger partial charge is 0.378 e. The molecule has 3 aromatic rings. The molecule has 1 N–H and O–H groups in total. The van der Waals surface area contributed by atoms with Crippen LogP contribution in [0.5, 0.6) is 0 Å². The summed E-state index contributed by atoms with van der Waals surface area (Å²) in [6.45, 7) is 9.34. The molecule has 0 saturated carbocycles. The first-order valence-electron chi connectivity index (χ1n) is 10.3. The number of nitrogens with one attached hydrogen (secondary N) is 1. The fourth-order valence-electron chi connectivity index (χ4n) is 2.91. The summed E-state index contributed by atoms with van der Waals surface area (Å²) >= 11 is 1.50. The van der Waals surface area contributed by atoms with E-state index in [1.54, 1.807) is 18.5 Å². The molecule has 3 heterocycles. The first-order valence-corrected chi connectivity index (χ1v) is 11.1. The molecule has 0 amide bonds. The molecule has 7 nitrogen and oxygen atoms in total. The molecule has 4 rings (SSSR count). The van der Waals surface area contributed by atoms with Gasteiger partial charge in [-0.2, -0.15) is 5.26 Å². The van der Waals surface area contributed by atoms with Gasteiger partial charge in [-0.05, 0) is 43.3 Å². The van der Waals surface area contributed by atoms with E-state index in [4.69, 9.17) is 10.00 Å². The lowest BCUT2D eigenvalue weighted by molar-refractivity contribution is 0.122. The number of benzene rings is 1. The Bertz CT molecular complexity index is 1010. The van der Waals surface area contributed by atoms with E-state index in [1.807, 2.05) is 45.0 Å². The molecule has 0 bridgehead atoms. The summed E-state index contributed by atoms with van der Waals surface area (Å²) < 4.78 is 5.41. The minimum absolute atomic E-state index is 0.400. The lowest BCUT2D eigenvalue weighted by Crippen LogP contribution is -2.36. The summed E-state index contributed by atoms with van der Waals surface area (Å²) in [5.41, 5.74) is 3.50. The summed E-state index contributed by atoms with van der Waals surface area (Å²) in [5, 5.41) is 13.0. The van der Waals surface area contributed by atoms with Crippen LogP contribution >= 0.6 is 11.8 Å². The van der Waals surface area contributed by atoms with E-state index in [2.05, 4.69) is 37.3 Å². The van der Waals surface area contributed by atoms with Crippen molar-refractivity contribution in [3.63, 3.8) is 0 Å². The lowest BCUT2D eigenvalue weighted by Gasteiger charge is -2.28. The van der Waals surface area contributed by atoms with E-state index >= 15 is 0 Å². The van der Waals surface area contributed by atoms with Crippen LogP contribution in [0, 0.1) is 18.3 Å². The SMILES string of the molecule is CC.Cc1cnc(Nc2ccc(N3CCOCC3)cc2)nc1Sc1ccc(C#N)nc1. The van der Waals surface area contributed by atoms with E-state index in [1.165, 1.54) is 17.4 Å². The molecule has 1 aromatic carbocycles. The number of nitriles is 1. The number of hydrogen-bond acceptors (Lipinski definition) is 8. The fourth-order valence-corrected chi connectivity index (χ4v) is 3.73. The highest BCUT2D eigenvalue weighted by Gasteiger charge is 2.11. The number of ether oxygens (including phenoxy) is 1. The third-order valence-corrected chi connectivity index (χ3v) is 5.57. The molecule has 31 heavy (non-hydrogen) atoms. The third kappa shape index (κ3) is 6.17. The van der Waals surface area contributed by atoms with Gasteiger partial charge >= 0.3 is 0 Å². The summed E-state index contributed by atoms with van der Waals surface area (Å²) in [4.78, 5) is 16.4. The summed E-state index contributed by atoms with van der Waals surface area (Å²) in [6.07, 6.45) is 3.49. The molecule has 160 valence electrons. The summed E-state index contributed by atoms with van der Waals surface area (Å²) in [7, 11) is 0. The number of pyridine rings is 1. The van der Waals surface area contributed by atoms with E-state index in [9.17, 15) is 0 Å². The Morgan fingerprint density at radius 3 is 2.42 bits per heavy atom. The molecule has 1 fully saturated rings. The highest BCUT2D eigenvalue weighted by atomic mass is 32.2. The van der Waals surface area contributed by atoms with Crippen molar-refractivity contribution in [2.75, 3.05) is 36.5 Å². The Morgan fingerprint density at radius 1 is 1.03 bits per heavy atom. The number of aryl methyl sites for hydroxylation is 1. The number of morpholine rings is 1. The maximum Gasteiger partial charge on any atom is 0.228 e. The van der Waals surface area contributed by atoms with Crippen molar-refractivity contribution < 1.29 is 4.74 Å². The van der Waals surface area contributed by atoms with Crippen molar-refractivity contribution in [3.05, 3.63) is 60.0 Å². The Kier molecular flexibility index (Phi) is 8.21. The van der Waals surface area contributed by atoms with Gasteiger partial charge in [-0.3, -0.25) is 0 Å². The number of hydrogen-bond donors (Lipinski definition) is 1. The third-order valence-electron chi connectivity index (χ3n) is 4.49. The second-order valence-electron chi connectivity index (χ2n) is 6.55. The van der Waals surface area contributed by atoms with Crippen molar-refractivity contribution in [1.29, 1.82) is 5.26 Å². The Labute approximate surface area is 187 Å². The molecule has 1 aliphatic heterocycles. The quantitative estimate of drug-likeness (QED) is 0.573. The van der Waals surface area contributed by atoms with Gasteiger partial charge in [-0.25, -0.2) is 15.0 Å². The van der Waals surface area contributed by atoms with Gasteiger partial charge in [0.25, 0.3) is 0 Å². The van der Waals surface area contributed by atoms with Gasteiger partial charge in [0.15, 0.2) is 0 Å². The van der Waals surface area contributed by atoms with Crippen LogP contribution in [-0.2, 0) is 4.74 Å². The molecule has 0 aliphatic carbocycles. The second-order valence-corrected chi connectivity index (χ2v) is 7.61. The van der Waals surface area contributed by atoms with E-state index < -0.39 is 0 Å². The molecular formula is C23H26N6OS. The Hall–Kier alpha value is -3.15. The van der Waals surface area contributed by atoms with Gasteiger partial charge in [-0.1, -0.05) is 25.6 Å². The Balaban J connectivity index is 0.00000132. The fraction of sp³-hybridized carbons (Fsp3) is 0.304. The normalized spacial score (nSPS) is 13.0. The maximum absolute atomic E-state index is 8.87. The smallest absolute Gasteiger partial charge is 0.228 e. The predicted molar refractivity (Wildman–Crippen MR) is 124 cm³/mol. The van der Waals surface area contributed by atoms with Crippen LogP contribution in [0.1, 0.15) is 25.1 Å². The van der Waals surface area contributed by atoms with Crippen LogP contribution in [-0.4, -0.2) is 41.3 Å². The maximum atomic E-state index is 8.87. The summed E-state index contributed by atoms with van der Waals surface area (Å²) in [6, 6.07) is 13.9. The van der Waals surface area contributed by atoms with Crippen molar-refractivity contribution in [3.8, 4) is 6.07 Å². The summed E-state index contributed by atoms with van der Waals surface area (Å²) in [5.74, 6) is 0.541. The van der Waals surface area contributed by atoms with E-state index in [-0.39, 0.29) is 0 Å². The van der Waals surface area contributed by atoms with Crippen LogP contribution in [0.3, 0.4) is 0 Å². The monoisotopic (exact) mass is 434 g/mol. The molecule has 1 saturated heterocycles. The topological polar surface area (TPSA) is 87.0 Å². The zero-order valence-electron chi connectivity index (χ0n) is 18.0. The predicted octanol–water partition coefficient (Wildman–Crippen LogP) is 4.81. The lowest BCUT2D eigenvalue weighted by atomic mass is 10.2. The zero-order chi connectivity index (χ0) is 22.1. The molecule has 0 spiro atoms. The van der Waals surface area contributed by atoms with Gasteiger partial charge in [0.2, 0.25) is 5.95 Å². The van der Waals surface area contributed by atoms with Crippen molar-refractivity contribution in [2.24, 2.45) is 0 Å². The standard InChI is InChI=1S/C21H20N6OS.C2H6/c1-15-13-24-21(26-20(15)29-19-7-4-17(12-22)23-14-19)25-16-2-5-18(6-3-16)27-8-10-28-11-9-27;1-2/h2-7,13-14H,8-11H2,1H3,(H,24,25,26);1-2H3. The average Bonchev–Trinajstić information content (AvgIpc) is 2.84. The number of aromatic nitrogens is 3. The molecule has 0 unspecified atom stereocenters. The van der Waals surface area contributed by atoms with Crippen molar-refractivity contribution in [1.82, 2.24) is 15.0 Å². The van der Waals surface area contributed by atoms with Gasteiger partial charge in [0.1, 0.15) is 16.8 Å². The molecular weight excluding hydrogens is 408 g/mol. The highest BCUT2D eigenvalue weighted by Crippen LogP contribution is 2.29. The van der Waals surface area contributed by atoms with Crippen LogP contribution in [0.25, 0.3) is 0 Å². The minimum Gasteiger partial charge on any atom is -0.378 e. The highest BCUT2D eigenvalue weighted by molar-refractivity contribution is 7.99.